The molecule has 2 aromatic heterocycles. The Morgan fingerprint density at radius 2 is 1.77 bits per heavy atom. The summed E-state index contributed by atoms with van der Waals surface area (Å²) in [6.07, 6.45) is 5.58. The number of methoxy groups -OCH3 is 1. The molecule has 2 aliphatic rings. The molecule has 4 atom stereocenters. The first-order valence-electron chi connectivity index (χ1n) is 15.1. The highest BCUT2D eigenvalue weighted by atomic mass is 32.2. The molecule has 5 aromatic rings. The molecule has 0 unspecified atom stereocenters. The third-order valence-corrected chi connectivity index (χ3v) is 10.6. The molecule has 0 bridgehead atoms. The van der Waals surface area contributed by atoms with E-state index in [0.717, 1.165) is 52.7 Å². The molecule has 0 radical (unpaired) electrons. The molecule has 1 amide bonds. The Balaban J connectivity index is 1.12. The van der Waals surface area contributed by atoms with Crippen LogP contribution in [0.1, 0.15) is 47.4 Å². The van der Waals surface area contributed by atoms with Gasteiger partial charge in [-0.25, -0.2) is 0 Å². The number of benzene rings is 3. The number of ether oxygens (including phenoxy) is 1. The smallest absolute Gasteiger partial charge is 0.282 e. The molecule has 8 nitrogen and oxygen atoms in total. The predicted octanol–water partition coefficient (Wildman–Crippen LogP) is 6.44. The number of piperidine rings is 1. The maximum atomic E-state index is 13.2. The molecule has 2 aliphatic heterocycles. The largest absolute Gasteiger partial charge is 0.497 e. The Hall–Kier alpha value is -4.21. The molecular formula is C35H35N5O3S. The molecule has 2 fully saturated rings. The second kappa shape index (κ2) is 11.7. The molecule has 9 heteroatoms. The molecule has 0 saturated carbocycles. The van der Waals surface area contributed by atoms with Crippen molar-refractivity contribution in [1.29, 1.82) is 0 Å². The van der Waals surface area contributed by atoms with Gasteiger partial charge in [0.1, 0.15) is 11.4 Å². The number of carbonyl (C=O) groups excluding carboxylic acids is 1. The van der Waals surface area contributed by atoms with Gasteiger partial charge in [-0.3, -0.25) is 14.5 Å². The van der Waals surface area contributed by atoms with Crippen LogP contribution >= 0.6 is 11.8 Å². The van der Waals surface area contributed by atoms with Crippen LogP contribution < -0.4 is 4.74 Å². The molecule has 3 aromatic carbocycles. The van der Waals surface area contributed by atoms with E-state index in [0.29, 0.717) is 24.1 Å². The monoisotopic (exact) mass is 605 g/mol. The van der Waals surface area contributed by atoms with Gasteiger partial charge >= 0.3 is 0 Å². The highest BCUT2D eigenvalue weighted by molar-refractivity contribution is 8.14. The number of hydrogen-bond donors (Lipinski definition) is 1. The molecule has 44 heavy (non-hydrogen) atoms. The van der Waals surface area contributed by atoms with E-state index in [1.165, 1.54) is 11.8 Å². The van der Waals surface area contributed by atoms with E-state index < -0.39 is 5.60 Å². The fraction of sp³-hybridized carbons (Fsp3) is 0.314. The summed E-state index contributed by atoms with van der Waals surface area (Å²) in [6, 6.07) is 27.3. The topological polar surface area (TPSA) is 93.4 Å². The summed E-state index contributed by atoms with van der Waals surface area (Å²) in [5, 5.41) is 22.3. The minimum Gasteiger partial charge on any atom is -0.497 e. The van der Waals surface area contributed by atoms with Crippen LogP contribution in [0.3, 0.4) is 0 Å². The van der Waals surface area contributed by atoms with Crippen LogP contribution in [0.5, 0.6) is 5.75 Å². The zero-order valence-corrected chi connectivity index (χ0v) is 25.6. The second-order valence-corrected chi connectivity index (χ2v) is 13.0. The summed E-state index contributed by atoms with van der Waals surface area (Å²) < 4.78 is 7.36. The minimum absolute atomic E-state index is 0.0276. The zero-order chi connectivity index (χ0) is 30.3. The number of rotatable bonds is 8. The fourth-order valence-corrected chi connectivity index (χ4v) is 8.25. The van der Waals surface area contributed by atoms with Gasteiger partial charge in [0.05, 0.1) is 24.1 Å². The van der Waals surface area contributed by atoms with E-state index in [4.69, 9.17) is 4.74 Å². The lowest BCUT2D eigenvalue weighted by Gasteiger charge is -2.39. The lowest BCUT2D eigenvalue weighted by atomic mass is 9.80. The van der Waals surface area contributed by atoms with Crippen molar-refractivity contribution < 1.29 is 14.6 Å². The summed E-state index contributed by atoms with van der Waals surface area (Å²) in [7, 11) is 1.67. The highest BCUT2D eigenvalue weighted by Gasteiger charge is 2.46. The predicted molar refractivity (Wildman–Crippen MR) is 171 cm³/mol. The summed E-state index contributed by atoms with van der Waals surface area (Å²) >= 11 is 1.43. The number of hydrogen-bond acceptors (Lipinski definition) is 7. The van der Waals surface area contributed by atoms with E-state index >= 15 is 0 Å². The number of pyridine rings is 1. The third-order valence-electron chi connectivity index (χ3n) is 9.36. The quantitative estimate of drug-likeness (QED) is 0.217. The van der Waals surface area contributed by atoms with E-state index in [-0.39, 0.29) is 16.5 Å². The first kappa shape index (κ1) is 28.6. The molecular weight excluding hydrogens is 570 g/mol. The Bertz CT molecular complexity index is 1740. The lowest BCUT2D eigenvalue weighted by Crippen LogP contribution is -2.43. The van der Waals surface area contributed by atoms with Crippen molar-refractivity contribution in [3.8, 4) is 5.75 Å². The number of amides is 1. The summed E-state index contributed by atoms with van der Waals surface area (Å²) in [5.74, 6) is 1.48. The molecule has 0 spiro atoms. The van der Waals surface area contributed by atoms with E-state index in [2.05, 4.69) is 33.2 Å². The number of thioether (sulfide) groups is 1. The number of carbonyl (C=O) groups is 1. The molecule has 7 rings (SSSR count). The van der Waals surface area contributed by atoms with Gasteiger partial charge in [0.2, 0.25) is 0 Å². The number of fused-ring (bicyclic) bond motifs is 2. The van der Waals surface area contributed by atoms with E-state index in [9.17, 15) is 9.90 Å². The van der Waals surface area contributed by atoms with Crippen LogP contribution in [0.2, 0.25) is 0 Å². The van der Waals surface area contributed by atoms with Gasteiger partial charge in [-0.2, -0.15) is 0 Å². The molecule has 2 saturated heterocycles. The van der Waals surface area contributed by atoms with Gasteiger partial charge in [-0.15, -0.1) is 5.10 Å². The van der Waals surface area contributed by atoms with Crippen LogP contribution in [0, 0.1) is 11.8 Å². The van der Waals surface area contributed by atoms with Crippen molar-refractivity contribution in [3.63, 3.8) is 0 Å². The van der Waals surface area contributed by atoms with Gasteiger partial charge in [-0.1, -0.05) is 84.6 Å². The maximum absolute atomic E-state index is 13.2. The summed E-state index contributed by atoms with van der Waals surface area (Å²) in [4.78, 5) is 19.8. The zero-order valence-electron chi connectivity index (χ0n) is 24.8. The first-order chi connectivity index (χ1) is 21.5. The van der Waals surface area contributed by atoms with Crippen molar-refractivity contribution >= 4 is 27.9 Å². The minimum atomic E-state index is -1.42. The van der Waals surface area contributed by atoms with Crippen LogP contribution in [0.15, 0.2) is 97.3 Å². The molecule has 0 aliphatic carbocycles. The summed E-state index contributed by atoms with van der Waals surface area (Å²) in [6.45, 7) is 3.68. The van der Waals surface area contributed by atoms with Gasteiger partial charge in [-0.05, 0) is 65.6 Å². The fourth-order valence-electron chi connectivity index (χ4n) is 6.92. The van der Waals surface area contributed by atoms with Crippen LogP contribution in [0.4, 0.5) is 4.79 Å². The van der Waals surface area contributed by atoms with Crippen molar-refractivity contribution in [2.24, 2.45) is 11.8 Å². The van der Waals surface area contributed by atoms with Crippen molar-refractivity contribution in [1.82, 2.24) is 24.9 Å². The first-order valence-corrected chi connectivity index (χ1v) is 16.0. The van der Waals surface area contributed by atoms with Gasteiger partial charge < -0.3 is 14.7 Å². The third kappa shape index (κ3) is 5.04. The van der Waals surface area contributed by atoms with E-state index in [1.54, 1.807) is 7.11 Å². The SMILES string of the molecule is COc1ccc2nccc([C@@H]3SC(=O)N4CC[C@H]([C@@H](C)Cn5cc(C(O)(c6ccccc6)c6ccccc6)nn5)C[C@@H]34)c2c1. The Morgan fingerprint density at radius 3 is 2.48 bits per heavy atom. The van der Waals surface area contributed by atoms with Crippen molar-refractivity contribution in [2.75, 3.05) is 13.7 Å². The Kier molecular flexibility index (Phi) is 7.60. The maximum Gasteiger partial charge on any atom is 0.282 e. The molecule has 224 valence electrons. The normalized spacial score (nSPS) is 20.9. The van der Waals surface area contributed by atoms with Crippen LogP contribution in [0.25, 0.3) is 10.9 Å². The van der Waals surface area contributed by atoms with E-state index in [1.807, 2.05) is 95.9 Å². The van der Waals surface area contributed by atoms with Crippen molar-refractivity contribution in [3.05, 3.63) is 120 Å². The van der Waals surface area contributed by atoms with Gasteiger partial charge in [0, 0.05) is 30.7 Å². The number of nitrogens with zero attached hydrogens (tertiary/aromatic N) is 5. The standard InChI is InChI=1S/C35H35N5O3S/c1-23(21-39-22-32(37-38-39)35(42,25-9-5-3-6-10-25)26-11-7-4-8-12-26)24-16-18-40-31(19-24)33(44-34(40)41)28-15-17-36-30-14-13-27(43-2)20-29(28)30/h3-15,17,20,22-24,31,33,42H,16,18-19,21H2,1-2H3/t23-,24-,31-,33-/m0/s1. The summed E-state index contributed by atoms with van der Waals surface area (Å²) in [5.41, 5.74) is 2.61. The van der Waals surface area contributed by atoms with Gasteiger partial charge in [0.15, 0.2) is 5.60 Å². The highest BCUT2D eigenvalue weighted by Crippen LogP contribution is 2.50. The average molecular weight is 606 g/mol. The molecule has 1 N–H and O–H groups in total. The Morgan fingerprint density at radius 1 is 1.05 bits per heavy atom. The molecule has 4 heterocycles. The average Bonchev–Trinajstić information content (AvgIpc) is 3.68. The van der Waals surface area contributed by atoms with Crippen LogP contribution in [-0.4, -0.2) is 54.9 Å². The van der Waals surface area contributed by atoms with Crippen molar-refractivity contribution in [2.45, 2.75) is 43.2 Å². The number of aromatic nitrogens is 4. The lowest BCUT2D eigenvalue weighted by molar-refractivity contribution is 0.120. The van der Waals surface area contributed by atoms with Crippen LogP contribution in [-0.2, 0) is 12.1 Å². The van der Waals surface area contributed by atoms with Gasteiger partial charge in [0.25, 0.3) is 5.24 Å². The Labute approximate surface area is 261 Å². The second-order valence-electron chi connectivity index (χ2n) is 11.9. The number of aliphatic hydroxyl groups is 1.